The highest BCUT2D eigenvalue weighted by atomic mass is 16.1. The van der Waals surface area contributed by atoms with E-state index in [-0.39, 0.29) is 5.56 Å². The zero-order valence-corrected chi connectivity index (χ0v) is 16.6. The van der Waals surface area contributed by atoms with Crippen LogP contribution in [-0.4, -0.2) is 26.1 Å². The molecule has 4 rings (SSSR count). The highest BCUT2D eigenvalue weighted by molar-refractivity contribution is 5.58. The predicted octanol–water partition coefficient (Wildman–Crippen LogP) is 3.39. The van der Waals surface area contributed by atoms with Crippen LogP contribution in [-0.2, 0) is 19.6 Å². The second-order valence-electron chi connectivity index (χ2n) is 7.24. The minimum Gasteiger partial charge on any atom is -0.298 e. The molecule has 0 unspecified atom stereocenters. The number of anilines is 2. The van der Waals surface area contributed by atoms with Crippen molar-refractivity contribution < 1.29 is 0 Å². The van der Waals surface area contributed by atoms with Crippen molar-refractivity contribution in [2.24, 2.45) is 0 Å². The SMILES string of the molecule is CCc1ccc(N2CN(Cc3ccccn3)Cn3c2nc(C)c(C)c3=O)cc1. The van der Waals surface area contributed by atoms with Crippen molar-refractivity contribution in [2.75, 3.05) is 11.6 Å². The fraction of sp³-hybridized carbons (Fsp3) is 0.318. The lowest BCUT2D eigenvalue weighted by Gasteiger charge is -2.38. The maximum absolute atomic E-state index is 13.0. The van der Waals surface area contributed by atoms with Crippen LogP contribution in [0, 0.1) is 13.8 Å². The fourth-order valence-electron chi connectivity index (χ4n) is 3.51. The molecule has 0 amide bonds. The third-order valence-corrected chi connectivity index (χ3v) is 5.31. The molecule has 0 spiro atoms. The summed E-state index contributed by atoms with van der Waals surface area (Å²) < 4.78 is 1.77. The Balaban J connectivity index is 1.76. The normalized spacial score (nSPS) is 14.2. The number of fused-ring (bicyclic) bond motifs is 1. The Kier molecular flexibility index (Phi) is 4.96. The van der Waals surface area contributed by atoms with E-state index in [4.69, 9.17) is 4.98 Å². The minimum atomic E-state index is 0.0170. The molecule has 6 nitrogen and oxygen atoms in total. The van der Waals surface area contributed by atoms with Crippen LogP contribution in [0.25, 0.3) is 0 Å². The first-order valence-corrected chi connectivity index (χ1v) is 9.63. The maximum atomic E-state index is 13.0. The highest BCUT2D eigenvalue weighted by Gasteiger charge is 2.27. The van der Waals surface area contributed by atoms with Gasteiger partial charge in [0.2, 0.25) is 5.95 Å². The van der Waals surface area contributed by atoms with E-state index in [9.17, 15) is 4.79 Å². The molecular formula is C22H25N5O. The number of rotatable bonds is 4. The van der Waals surface area contributed by atoms with Crippen molar-refractivity contribution in [2.45, 2.75) is 40.4 Å². The lowest BCUT2D eigenvalue weighted by molar-refractivity contribution is 0.187. The Morgan fingerprint density at radius 3 is 2.50 bits per heavy atom. The van der Waals surface area contributed by atoms with Gasteiger partial charge >= 0.3 is 0 Å². The van der Waals surface area contributed by atoms with Crippen LogP contribution in [0.15, 0.2) is 53.5 Å². The molecule has 0 radical (unpaired) electrons. The molecule has 2 aromatic heterocycles. The number of aryl methyl sites for hydroxylation is 2. The molecule has 1 aliphatic rings. The van der Waals surface area contributed by atoms with Crippen LogP contribution in [0.2, 0.25) is 0 Å². The van der Waals surface area contributed by atoms with Crippen LogP contribution in [0.5, 0.6) is 0 Å². The van der Waals surface area contributed by atoms with Gasteiger partial charge in [-0.15, -0.1) is 0 Å². The van der Waals surface area contributed by atoms with Gasteiger partial charge in [-0.05, 0) is 50.1 Å². The first-order chi connectivity index (χ1) is 13.6. The summed E-state index contributed by atoms with van der Waals surface area (Å²) in [6.07, 6.45) is 2.80. The van der Waals surface area contributed by atoms with E-state index in [1.165, 1.54) is 5.56 Å². The Morgan fingerprint density at radius 1 is 1.04 bits per heavy atom. The van der Waals surface area contributed by atoms with Crippen molar-refractivity contribution in [3.63, 3.8) is 0 Å². The molecular weight excluding hydrogens is 350 g/mol. The molecule has 0 N–H and O–H groups in total. The van der Waals surface area contributed by atoms with Crippen LogP contribution < -0.4 is 10.5 Å². The van der Waals surface area contributed by atoms with Gasteiger partial charge in [-0.1, -0.05) is 25.1 Å². The third-order valence-electron chi connectivity index (χ3n) is 5.31. The van der Waals surface area contributed by atoms with E-state index >= 15 is 0 Å². The van der Waals surface area contributed by atoms with Gasteiger partial charge in [-0.25, -0.2) is 4.98 Å². The van der Waals surface area contributed by atoms with E-state index < -0.39 is 0 Å². The van der Waals surface area contributed by atoms with Gasteiger partial charge < -0.3 is 0 Å². The number of pyridine rings is 1. The van der Waals surface area contributed by atoms with Crippen LogP contribution in [0.3, 0.4) is 0 Å². The van der Waals surface area contributed by atoms with Gasteiger partial charge in [0.1, 0.15) is 0 Å². The van der Waals surface area contributed by atoms with E-state index in [1.54, 1.807) is 10.8 Å². The summed E-state index contributed by atoms with van der Waals surface area (Å²) >= 11 is 0. The Hall–Kier alpha value is -2.99. The Bertz CT molecular complexity index is 1030. The van der Waals surface area contributed by atoms with Gasteiger partial charge in [0.15, 0.2) is 0 Å². The van der Waals surface area contributed by atoms with E-state index in [0.29, 0.717) is 31.4 Å². The first-order valence-electron chi connectivity index (χ1n) is 9.63. The van der Waals surface area contributed by atoms with Crippen molar-refractivity contribution in [3.05, 3.63) is 81.5 Å². The van der Waals surface area contributed by atoms with Gasteiger partial charge in [-0.3, -0.25) is 24.1 Å². The van der Waals surface area contributed by atoms with E-state index in [1.807, 2.05) is 32.0 Å². The summed E-state index contributed by atoms with van der Waals surface area (Å²) in [7, 11) is 0. The molecule has 0 atom stereocenters. The molecule has 6 heteroatoms. The minimum absolute atomic E-state index is 0.0170. The molecule has 28 heavy (non-hydrogen) atoms. The Morgan fingerprint density at radius 2 is 1.82 bits per heavy atom. The van der Waals surface area contributed by atoms with Gasteiger partial charge in [0.05, 0.1) is 19.0 Å². The molecule has 0 bridgehead atoms. The zero-order chi connectivity index (χ0) is 19.7. The average molecular weight is 375 g/mol. The van der Waals surface area contributed by atoms with E-state index in [0.717, 1.165) is 23.5 Å². The zero-order valence-electron chi connectivity index (χ0n) is 16.6. The van der Waals surface area contributed by atoms with Gasteiger partial charge in [0.25, 0.3) is 5.56 Å². The lowest BCUT2D eigenvalue weighted by Crippen LogP contribution is -2.47. The summed E-state index contributed by atoms with van der Waals surface area (Å²) in [6, 6.07) is 14.4. The number of hydrogen-bond acceptors (Lipinski definition) is 5. The molecule has 1 aromatic carbocycles. The van der Waals surface area contributed by atoms with Crippen molar-refractivity contribution >= 4 is 11.6 Å². The molecule has 1 aliphatic heterocycles. The first kappa shape index (κ1) is 18.4. The number of aromatic nitrogens is 3. The standard InChI is InChI=1S/C22H25N5O/c1-4-18-8-10-20(11-9-18)26-14-25(13-19-7-5-6-12-23-19)15-27-21(28)16(2)17(3)24-22(26)27/h5-12H,4,13-15H2,1-3H3. The van der Waals surface area contributed by atoms with Crippen LogP contribution in [0.1, 0.15) is 29.4 Å². The topological polar surface area (TPSA) is 54.3 Å². The third kappa shape index (κ3) is 3.43. The van der Waals surface area contributed by atoms with Gasteiger partial charge in [-0.2, -0.15) is 0 Å². The highest BCUT2D eigenvalue weighted by Crippen LogP contribution is 2.28. The fourth-order valence-corrected chi connectivity index (χ4v) is 3.51. The lowest BCUT2D eigenvalue weighted by atomic mass is 10.1. The Labute approximate surface area is 165 Å². The second-order valence-corrected chi connectivity index (χ2v) is 7.24. The summed E-state index contributed by atoms with van der Waals surface area (Å²) in [4.78, 5) is 26.5. The molecule has 0 saturated carbocycles. The van der Waals surface area contributed by atoms with Crippen LogP contribution in [0.4, 0.5) is 11.6 Å². The quantitative estimate of drug-likeness (QED) is 0.700. The molecule has 0 fully saturated rings. The average Bonchev–Trinajstić information content (AvgIpc) is 2.73. The second kappa shape index (κ2) is 7.56. The van der Waals surface area contributed by atoms with Crippen molar-refractivity contribution in [1.82, 2.24) is 19.4 Å². The monoisotopic (exact) mass is 375 g/mol. The summed E-state index contributed by atoms with van der Waals surface area (Å²) in [6.45, 7) is 7.71. The van der Waals surface area contributed by atoms with Crippen LogP contribution >= 0.6 is 0 Å². The molecule has 144 valence electrons. The summed E-state index contributed by atoms with van der Waals surface area (Å²) in [5.74, 6) is 0.703. The number of hydrogen-bond donors (Lipinski definition) is 0. The predicted molar refractivity (Wildman–Crippen MR) is 111 cm³/mol. The smallest absolute Gasteiger partial charge is 0.259 e. The molecule has 3 aromatic rings. The summed E-state index contributed by atoms with van der Waals surface area (Å²) in [5, 5.41) is 0. The summed E-state index contributed by atoms with van der Waals surface area (Å²) in [5.41, 5.74) is 4.80. The largest absolute Gasteiger partial charge is 0.298 e. The molecule has 0 saturated heterocycles. The number of benzene rings is 1. The molecule has 0 aliphatic carbocycles. The maximum Gasteiger partial charge on any atom is 0.259 e. The number of nitrogens with zero attached hydrogens (tertiary/aromatic N) is 5. The molecule has 3 heterocycles. The van der Waals surface area contributed by atoms with Gasteiger partial charge in [0, 0.05) is 29.7 Å². The van der Waals surface area contributed by atoms with E-state index in [2.05, 4.69) is 46.0 Å². The van der Waals surface area contributed by atoms with Crippen molar-refractivity contribution in [1.29, 1.82) is 0 Å². The van der Waals surface area contributed by atoms with Crippen molar-refractivity contribution in [3.8, 4) is 0 Å².